The summed E-state index contributed by atoms with van der Waals surface area (Å²) in [6.07, 6.45) is 3.74. The zero-order valence-electron chi connectivity index (χ0n) is 13.7. The third-order valence-corrected chi connectivity index (χ3v) is 8.36. The van der Waals surface area contributed by atoms with Crippen molar-refractivity contribution in [2.24, 2.45) is 5.41 Å². The predicted molar refractivity (Wildman–Crippen MR) is 84.6 cm³/mol. The van der Waals surface area contributed by atoms with E-state index in [0.29, 0.717) is 6.61 Å². The third kappa shape index (κ3) is 7.54. The topological polar surface area (TPSA) is 26.3 Å². The summed E-state index contributed by atoms with van der Waals surface area (Å²) in [6, 6.07) is 0. The molecule has 3 heteroatoms. The van der Waals surface area contributed by atoms with E-state index in [2.05, 4.69) is 45.7 Å². The first-order valence-corrected chi connectivity index (χ1v) is 9.99. The maximum Gasteiger partial charge on any atom is 0.193 e. The number of carbonyl (C=O) groups excluding carboxylic acids is 1. The first-order chi connectivity index (χ1) is 8.52. The minimum absolute atomic E-state index is 0.209. The maximum absolute atomic E-state index is 10.7. The SMILES string of the molecule is CC(C)(C=O)CCCC#CCO[Si](C)(C)C(C)(C)C. The van der Waals surface area contributed by atoms with E-state index in [1.807, 2.05) is 13.8 Å². The van der Waals surface area contributed by atoms with Gasteiger partial charge in [-0.3, -0.25) is 0 Å². The molecule has 0 aliphatic rings. The molecule has 0 amide bonds. The average molecular weight is 282 g/mol. The van der Waals surface area contributed by atoms with Crippen LogP contribution >= 0.6 is 0 Å². The first-order valence-electron chi connectivity index (χ1n) is 7.08. The minimum atomic E-state index is -1.66. The van der Waals surface area contributed by atoms with Gasteiger partial charge in [0.1, 0.15) is 6.29 Å². The number of hydrogen-bond donors (Lipinski definition) is 0. The normalized spacial score (nSPS) is 12.8. The van der Waals surface area contributed by atoms with Gasteiger partial charge in [0.2, 0.25) is 0 Å². The van der Waals surface area contributed by atoms with Crippen LogP contribution in [0.5, 0.6) is 0 Å². The molecule has 2 nitrogen and oxygen atoms in total. The lowest BCUT2D eigenvalue weighted by Crippen LogP contribution is -2.40. The Morgan fingerprint density at radius 3 is 2.16 bits per heavy atom. The van der Waals surface area contributed by atoms with Crippen molar-refractivity contribution < 1.29 is 9.22 Å². The van der Waals surface area contributed by atoms with Crippen molar-refractivity contribution in [2.45, 2.75) is 72.0 Å². The van der Waals surface area contributed by atoms with Crippen molar-refractivity contribution >= 4 is 14.6 Å². The summed E-state index contributed by atoms with van der Waals surface area (Å²) < 4.78 is 5.97. The average Bonchev–Trinajstić information content (AvgIpc) is 2.26. The van der Waals surface area contributed by atoms with E-state index >= 15 is 0 Å². The quantitative estimate of drug-likeness (QED) is 0.312. The van der Waals surface area contributed by atoms with E-state index in [4.69, 9.17) is 4.43 Å². The second kappa shape index (κ2) is 7.26. The second-order valence-electron chi connectivity index (χ2n) is 7.36. The fourth-order valence-corrected chi connectivity index (χ4v) is 2.13. The van der Waals surface area contributed by atoms with E-state index in [1.165, 1.54) is 0 Å². The lowest BCUT2D eigenvalue weighted by Gasteiger charge is -2.35. The lowest BCUT2D eigenvalue weighted by molar-refractivity contribution is -0.115. The van der Waals surface area contributed by atoms with Crippen molar-refractivity contribution in [1.29, 1.82) is 0 Å². The summed E-state index contributed by atoms with van der Waals surface area (Å²) in [4.78, 5) is 10.7. The first kappa shape index (κ1) is 18.4. The van der Waals surface area contributed by atoms with Crippen LogP contribution in [0.4, 0.5) is 0 Å². The van der Waals surface area contributed by atoms with Crippen molar-refractivity contribution in [3.63, 3.8) is 0 Å². The molecule has 0 bridgehead atoms. The van der Waals surface area contributed by atoms with Gasteiger partial charge in [0.05, 0.1) is 6.61 Å². The Bertz CT molecular complexity index is 340. The van der Waals surface area contributed by atoms with E-state index in [-0.39, 0.29) is 10.5 Å². The molecule has 0 spiro atoms. The number of unbranched alkanes of at least 4 members (excludes halogenated alkanes) is 1. The maximum atomic E-state index is 10.7. The van der Waals surface area contributed by atoms with Gasteiger partial charge in [0, 0.05) is 11.8 Å². The highest BCUT2D eigenvalue weighted by Crippen LogP contribution is 2.36. The number of hydrogen-bond acceptors (Lipinski definition) is 2. The summed E-state index contributed by atoms with van der Waals surface area (Å²) in [6.45, 7) is 15.6. The molecule has 0 radical (unpaired) electrons. The number of carbonyl (C=O) groups is 1. The molecule has 110 valence electrons. The van der Waals surface area contributed by atoms with Crippen molar-refractivity contribution in [1.82, 2.24) is 0 Å². The van der Waals surface area contributed by atoms with Gasteiger partial charge in [-0.15, -0.1) is 5.92 Å². The monoisotopic (exact) mass is 282 g/mol. The van der Waals surface area contributed by atoms with Crippen LogP contribution in [0.2, 0.25) is 18.1 Å². The van der Waals surface area contributed by atoms with Crippen LogP contribution in [0.25, 0.3) is 0 Å². The number of aldehydes is 1. The Hall–Kier alpha value is -0.593. The Kier molecular flexibility index (Phi) is 7.03. The predicted octanol–water partition coefficient (Wildman–Crippen LogP) is 4.41. The summed E-state index contributed by atoms with van der Waals surface area (Å²) in [5.41, 5.74) is -0.209. The molecule has 0 aliphatic carbocycles. The van der Waals surface area contributed by atoms with E-state index < -0.39 is 8.32 Å². The fourth-order valence-electron chi connectivity index (χ4n) is 1.26. The molecule has 0 fully saturated rings. The summed E-state index contributed by atoms with van der Waals surface area (Å²) in [5.74, 6) is 6.23. The third-order valence-electron chi connectivity index (χ3n) is 3.88. The summed E-state index contributed by atoms with van der Waals surface area (Å²) in [5, 5.41) is 0.239. The van der Waals surface area contributed by atoms with Gasteiger partial charge >= 0.3 is 0 Å². The molecule has 0 saturated heterocycles. The molecule has 0 heterocycles. The van der Waals surface area contributed by atoms with Gasteiger partial charge in [-0.05, 0) is 31.0 Å². The standard InChI is InChI=1S/C16H30O2Si/c1-15(2,3)19(6,7)18-13-11-9-8-10-12-16(4,5)14-17/h14H,8,10,12-13H2,1-7H3. The number of rotatable bonds is 6. The second-order valence-corrected chi connectivity index (χ2v) is 12.2. The van der Waals surface area contributed by atoms with Crippen LogP contribution in [0.3, 0.4) is 0 Å². The van der Waals surface area contributed by atoms with Gasteiger partial charge in [0.25, 0.3) is 0 Å². The molecule has 0 aromatic rings. The smallest absolute Gasteiger partial charge is 0.193 e. The molecule has 0 aromatic carbocycles. The Morgan fingerprint density at radius 2 is 1.68 bits per heavy atom. The van der Waals surface area contributed by atoms with Crippen molar-refractivity contribution in [2.75, 3.05) is 6.61 Å². The molecule has 0 atom stereocenters. The van der Waals surface area contributed by atoms with Crippen LogP contribution in [-0.2, 0) is 9.22 Å². The molecular formula is C16H30O2Si. The zero-order chi connectivity index (χ0) is 15.2. The van der Waals surface area contributed by atoms with Crippen LogP contribution < -0.4 is 0 Å². The van der Waals surface area contributed by atoms with E-state index in [9.17, 15) is 4.79 Å². The van der Waals surface area contributed by atoms with Crippen molar-refractivity contribution in [3.8, 4) is 11.8 Å². The van der Waals surface area contributed by atoms with Crippen molar-refractivity contribution in [3.05, 3.63) is 0 Å². The molecule has 19 heavy (non-hydrogen) atoms. The Balaban J connectivity index is 3.93. The molecule has 0 saturated carbocycles. The van der Waals surface area contributed by atoms with Crippen LogP contribution in [0.15, 0.2) is 0 Å². The molecule has 0 rings (SSSR count). The van der Waals surface area contributed by atoms with Gasteiger partial charge in [-0.1, -0.05) is 40.5 Å². The van der Waals surface area contributed by atoms with Gasteiger partial charge in [0.15, 0.2) is 8.32 Å². The van der Waals surface area contributed by atoms with E-state index in [1.54, 1.807) is 0 Å². The summed E-state index contributed by atoms with van der Waals surface area (Å²) >= 11 is 0. The largest absolute Gasteiger partial charge is 0.406 e. The molecular weight excluding hydrogens is 252 g/mol. The Labute approximate surface area is 120 Å². The van der Waals surface area contributed by atoms with Crippen LogP contribution in [0.1, 0.15) is 53.9 Å². The lowest BCUT2D eigenvalue weighted by atomic mass is 9.89. The van der Waals surface area contributed by atoms with Gasteiger partial charge < -0.3 is 9.22 Å². The summed E-state index contributed by atoms with van der Waals surface area (Å²) in [7, 11) is -1.66. The van der Waals surface area contributed by atoms with Gasteiger partial charge in [-0.25, -0.2) is 0 Å². The van der Waals surface area contributed by atoms with Crippen LogP contribution in [-0.4, -0.2) is 21.2 Å². The van der Waals surface area contributed by atoms with Gasteiger partial charge in [-0.2, -0.15) is 0 Å². The zero-order valence-corrected chi connectivity index (χ0v) is 14.7. The highest BCUT2D eigenvalue weighted by Gasteiger charge is 2.36. The molecule has 0 unspecified atom stereocenters. The molecule has 0 N–H and O–H groups in total. The highest BCUT2D eigenvalue weighted by atomic mass is 28.4. The van der Waals surface area contributed by atoms with E-state index in [0.717, 1.165) is 25.5 Å². The Morgan fingerprint density at radius 1 is 1.11 bits per heavy atom. The van der Waals surface area contributed by atoms with Crippen LogP contribution in [0, 0.1) is 17.3 Å². The molecule has 0 aromatic heterocycles. The fraction of sp³-hybridized carbons (Fsp3) is 0.812. The molecule has 0 aliphatic heterocycles. The minimum Gasteiger partial charge on any atom is -0.406 e. The highest BCUT2D eigenvalue weighted by molar-refractivity contribution is 6.74.